The molecule has 0 unspecified atom stereocenters. The van der Waals surface area contributed by atoms with Crippen molar-refractivity contribution in [3.8, 4) is 0 Å². The summed E-state index contributed by atoms with van der Waals surface area (Å²) in [6.45, 7) is 5.13. The first-order valence-corrected chi connectivity index (χ1v) is 7.67. The monoisotopic (exact) mass is 312 g/mol. The maximum absolute atomic E-state index is 12.3. The van der Waals surface area contributed by atoms with Crippen LogP contribution in [0.2, 0.25) is 0 Å². The molecule has 0 aliphatic rings. The SMILES string of the molecule is CCc1nc(CN(C)Cc2cc(=O)c3cc(C)ccc3[nH]2)no1. The molecule has 0 atom stereocenters. The van der Waals surface area contributed by atoms with E-state index in [1.165, 1.54) is 0 Å². The van der Waals surface area contributed by atoms with Crippen molar-refractivity contribution in [3.63, 3.8) is 0 Å². The summed E-state index contributed by atoms with van der Waals surface area (Å²) in [6, 6.07) is 7.51. The van der Waals surface area contributed by atoms with Crippen LogP contribution in [0.4, 0.5) is 0 Å². The summed E-state index contributed by atoms with van der Waals surface area (Å²) in [4.78, 5) is 21.9. The van der Waals surface area contributed by atoms with E-state index in [2.05, 4.69) is 15.1 Å². The van der Waals surface area contributed by atoms with Crippen LogP contribution in [0.15, 0.2) is 33.6 Å². The highest BCUT2D eigenvalue weighted by molar-refractivity contribution is 5.79. The van der Waals surface area contributed by atoms with Gasteiger partial charge < -0.3 is 9.51 Å². The largest absolute Gasteiger partial charge is 0.357 e. The zero-order valence-electron chi connectivity index (χ0n) is 13.6. The Morgan fingerprint density at radius 3 is 2.83 bits per heavy atom. The van der Waals surface area contributed by atoms with Gasteiger partial charge in [-0.1, -0.05) is 23.7 Å². The van der Waals surface area contributed by atoms with Crippen LogP contribution in [0.5, 0.6) is 0 Å². The normalized spacial score (nSPS) is 11.5. The molecule has 120 valence electrons. The summed E-state index contributed by atoms with van der Waals surface area (Å²) in [6.07, 6.45) is 0.730. The van der Waals surface area contributed by atoms with E-state index in [9.17, 15) is 4.79 Å². The fourth-order valence-electron chi connectivity index (χ4n) is 2.59. The summed E-state index contributed by atoms with van der Waals surface area (Å²) >= 11 is 0. The molecule has 1 N–H and O–H groups in total. The second-order valence-corrected chi connectivity index (χ2v) is 5.84. The number of aromatic nitrogens is 3. The van der Waals surface area contributed by atoms with Crippen LogP contribution < -0.4 is 5.43 Å². The topological polar surface area (TPSA) is 75.0 Å². The minimum Gasteiger partial charge on any atom is -0.357 e. The van der Waals surface area contributed by atoms with Crippen LogP contribution >= 0.6 is 0 Å². The van der Waals surface area contributed by atoms with E-state index >= 15 is 0 Å². The van der Waals surface area contributed by atoms with Gasteiger partial charge in [0.2, 0.25) is 5.89 Å². The van der Waals surface area contributed by atoms with Gasteiger partial charge in [0.05, 0.1) is 6.54 Å². The van der Waals surface area contributed by atoms with Crippen LogP contribution in [0.3, 0.4) is 0 Å². The molecule has 0 spiro atoms. The summed E-state index contributed by atoms with van der Waals surface area (Å²) < 4.78 is 5.11. The first kappa shape index (κ1) is 15.4. The molecule has 0 saturated heterocycles. The average molecular weight is 312 g/mol. The second-order valence-electron chi connectivity index (χ2n) is 5.84. The van der Waals surface area contributed by atoms with E-state index in [0.29, 0.717) is 24.8 Å². The van der Waals surface area contributed by atoms with Crippen LogP contribution in [-0.2, 0) is 19.5 Å². The number of benzene rings is 1. The summed E-state index contributed by atoms with van der Waals surface area (Å²) in [5, 5.41) is 4.67. The molecule has 0 aliphatic carbocycles. The Bertz CT molecular complexity index is 882. The molecule has 6 nitrogen and oxygen atoms in total. The van der Waals surface area contributed by atoms with Crippen molar-refractivity contribution in [2.75, 3.05) is 7.05 Å². The van der Waals surface area contributed by atoms with Gasteiger partial charge in [0.25, 0.3) is 0 Å². The highest BCUT2D eigenvalue weighted by atomic mass is 16.5. The van der Waals surface area contributed by atoms with E-state index < -0.39 is 0 Å². The Kier molecular flexibility index (Phi) is 4.25. The van der Waals surface area contributed by atoms with Gasteiger partial charge in [0, 0.05) is 35.6 Å². The quantitative estimate of drug-likeness (QED) is 0.783. The first-order valence-electron chi connectivity index (χ1n) is 7.67. The summed E-state index contributed by atoms with van der Waals surface area (Å²) in [5.74, 6) is 1.30. The van der Waals surface area contributed by atoms with Crippen molar-refractivity contribution in [1.29, 1.82) is 0 Å². The third-order valence-corrected chi connectivity index (χ3v) is 3.71. The molecular formula is C17H20N4O2. The zero-order valence-corrected chi connectivity index (χ0v) is 13.6. The number of aryl methyl sites for hydroxylation is 2. The lowest BCUT2D eigenvalue weighted by Gasteiger charge is -2.14. The van der Waals surface area contributed by atoms with Gasteiger partial charge in [-0.05, 0) is 26.1 Å². The fourth-order valence-corrected chi connectivity index (χ4v) is 2.59. The maximum Gasteiger partial charge on any atom is 0.226 e. The van der Waals surface area contributed by atoms with E-state index in [0.717, 1.165) is 28.6 Å². The molecule has 0 bridgehead atoms. The van der Waals surface area contributed by atoms with Crippen LogP contribution in [0.25, 0.3) is 10.9 Å². The van der Waals surface area contributed by atoms with E-state index in [1.807, 2.05) is 44.0 Å². The average Bonchev–Trinajstić information content (AvgIpc) is 2.95. The predicted octanol–water partition coefficient (Wildman–Crippen LogP) is 2.41. The maximum atomic E-state index is 12.3. The number of fused-ring (bicyclic) bond motifs is 1. The third kappa shape index (κ3) is 3.48. The second kappa shape index (κ2) is 6.34. The number of nitrogens with one attached hydrogen (secondary N) is 1. The van der Waals surface area contributed by atoms with Crippen LogP contribution in [0.1, 0.15) is 29.9 Å². The van der Waals surface area contributed by atoms with E-state index in [1.54, 1.807) is 6.07 Å². The van der Waals surface area contributed by atoms with E-state index in [-0.39, 0.29) is 5.43 Å². The summed E-state index contributed by atoms with van der Waals surface area (Å²) in [7, 11) is 1.96. The van der Waals surface area contributed by atoms with Crippen molar-refractivity contribution in [3.05, 3.63) is 57.5 Å². The van der Waals surface area contributed by atoms with Crippen molar-refractivity contribution < 1.29 is 4.52 Å². The molecular weight excluding hydrogens is 292 g/mol. The minimum absolute atomic E-state index is 0.0404. The molecule has 23 heavy (non-hydrogen) atoms. The molecule has 0 aliphatic heterocycles. The van der Waals surface area contributed by atoms with Gasteiger partial charge in [0.15, 0.2) is 11.3 Å². The minimum atomic E-state index is 0.0404. The lowest BCUT2D eigenvalue weighted by atomic mass is 10.1. The Hall–Kier alpha value is -2.47. The standard InChI is InChI=1S/C17H20N4O2/c1-4-17-19-16(20-23-17)10-21(3)9-12-8-15(22)13-7-11(2)5-6-14(13)18-12/h5-8H,4,9-10H2,1-3H3,(H,18,22). The Balaban J connectivity index is 1.78. The number of pyridine rings is 1. The van der Waals surface area contributed by atoms with Gasteiger partial charge in [-0.15, -0.1) is 0 Å². The molecule has 3 rings (SSSR count). The molecule has 6 heteroatoms. The number of hydrogen-bond acceptors (Lipinski definition) is 5. The fraction of sp³-hybridized carbons (Fsp3) is 0.353. The Morgan fingerprint density at radius 1 is 1.26 bits per heavy atom. The number of hydrogen-bond donors (Lipinski definition) is 1. The molecule has 0 amide bonds. The zero-order chi connectivity index (χ0) is 16.4. The molecule has 0 radical (unpaired) electrons. The van der Waals surface area contributed by atoms with Crippen LogP contribution in [-0.4, -0.2) is 27.1 Å². The van der Waals surface area contributed by atoms with Crippen molar-refractivity contribution >= 4 is 10.9 Å². The van der Waals surface area contributed by atoms with Gasteiger partial charge in [0.1, 0.15) is 0 Å². The van der Waals surface area contributed by atoms with Gasteiger partial charge in [-0.3, -0.25) is 9.69 Å². The van der Waals surface area contributed by atoms with Gasteiger partial charge in [-0.2, -0.15) is 4.98 Å². The number of rotatable bonds is 5. The van der Waals surface area contributed by atoms with Crippen molar-refractivity contribution in [1.82, 2.24) is 20.0 Å². The molecule has 0 fully saturated rings. The predicted molar refractivity (Wildman–Crippen MR) is 88.2 cm³/mol. The van der Waals surface area contributed by atoms with Gasteiger partial charge in [-0.25, -0.2) is 0 Å². The van der Waals surface area contributed by atoms with Crippen LogP contribution in [0, 0.1) is 6.92 Å². The Morgan fingerprint density at radius 2 is 2.09 bits per heavy atom. The highest BCUT2D eigenvalue weighted by Crippen LogP contribution is 2.12. The molecule has 1 aromatic carbocycles. The Labute approximate surface area is 134 Å². The van der Waals surface area contributed by atoms with Gasteiger partial charge >= 0.3 is 0 Å². The number of nitrogens with zero attached hydrogens (tertiary/aromatic N) is 3. The van der Waals surface area contributed by atoms with E-state index in [4.69, 9.17) is 4.52 Å². The molecule has 3 aromatic rings. The number of aromatic amines is 1. The molecule has 2 aromatic heterocycles. The highest BCUT2D eigenvalue weighted by Gasteiger charge is 2.10. The third-order valence-electron chi connectivity index (χ3n) is 3.71. The molecule has 2 heterocycles. The van der Waals surface area contributed by atoms with Crippen molar-refractivity contribution in [2.45, 2.75) is 33.4 Å². The lowest BCUT2D eigenvalue weighted by molar-refractivity contribution is 0.297. The smallest absolute Gasteiger partial charge is 0.226 e. The first-order chi connectivity index (χ1) is 11.0. The summed E-state index contributed by atoms with van der Waals surface area (Å²) in [5.41, 5.74) is 2.85. The lowest BCUT2D eigenvalue weighted by Crippen LogP contribution is -2.20. The van der Waals surface area contributed by atoms with Crippen molar-refractivity contribution in [2.24, 2.45) is 0 Å². The number of H-pyrrole nitrogens is 1. The molecule has 0 saturated carbocycles.